The van der Waals surface area contributed by atoms with E-state index in [-0.39, 0.29) is 5.91 Å². The van der Waals surface area contributed by atoms with Gasteiger partial charge in [-0.3, -0.25) is 4.79 Å². The summed E-state index contributed by atoms with van der Waals surface area (Å²) in [6.07, 6.45) is 5.26. The predicted molar refractivity (Wildman–Crippen MR) is 66.6 cm³/mol. The van der Waals surface area contributed by atoms with Crippen LogP contribution in [0.25, 0.3) is 0 Å². The van der Waals surface area contributed by atoms with E-state index in [0.717, 1.165) is 24.3 Å². The lowest BCUT2D eigenvalue weighted by molar-refractivity contribution is -0.118. The van der Waals surface area contributed by atoms with Crippen molar-refractivity contribution in [1.82, 2.24) is 0 Å². The van der Waals surface area contributed by atoms with Gasteiger partial charge in [-0.25, -0.2) is 0 Å². The lowest BCUT2D eigenvalue weighted by Crippen LogP contribution is -2.25. The molecule has 0 unspecified atom stereocenters. The molecule has 0 N–H and O–H groups in total. The van der Waals surface area contributed by atoms with E-state index in [9.17, 15) is 4.79 Å². The molecule has 0 bridgehead atoms. The van der Waals surface area contributed by atoms with Crippen molar-refractivity contribution in [3.63, 3.8) is 0 Å². The highest BCUT2D eigenvalue weighted by atomic mass is 16.5. The van der Waals surface area contributed by atoms with Crippen LogP contribution in [0.3, 0.4) is 0 Å². The lowest BCUT2D eigenvalue weighted by Gasteiger charge is -2.22. The molecule has 3 nitrogen and oxygen atoms in total. The van der Waals surface area contributed by atoms with Gasteiger partial charge in [0, 0.05) is 7.05 Å². The number of benzene rings is 1. The first-order valence-corrected chi connectivity index (χ1v) is 6.31. The number of ether oxygens (including phenoxy) is 1. The molecule has 0 saturated heterocycles. The van der Waals surface area contributed by atoms with Crippen LogP contribution in [0, 0.1) is 0 Å². The molecule has 1 aromatic rings. The fraction of sp³-hybridized carbons (Fsp3) is 0.500. The van der Waals surface area contributed by atoms with Crippen LogP contribution >= 0.6 is 0 Å². The fourth-order valence-corrected chi connectivity index (χ4v) is 2.68. The molecule has 1 amide bonds. The van der Waals surface area contributed by atoms with Gasteiger partial charge in [0.15, 0.2) is 0 Å². The molecule has 0 saturated carbocycles. The lowest BCUT2D eigenvalue weighted by atomic mass is 9.91. The van der Waals surface area contributed by atoms with Crippen molar-refractivity contribution in [2.45, 2.75) is 32.1 Å². The first-order chi connectivity index (χ1) is 8.25. The number of fused-ring (bicyclic) bond motifs is 2. The Morgan fingerprint density at radius 3 is 2.59 bits per heavy atom. The molecule has 0 atom stereocenters. The van der Waals surface area contributed by atoms with E-state index in [2.05, 4.69) is 12.1 Å². The highest BCUT2D eigenvalue weighted by Gasteiger charge is 2.22. The number of amides is 1. The molecule has 3 rings (SSSR count). The van der Waals surface area contributed by atoms with Crippen LogP contribution in [0.1, 0.15) is 30.4 Å². The first kappa shape index (κ1) is 10.6. The van der Waals surface area contributed by atoms with E-state index >= 15 is 0 Å². The van der Waals surface area contributed by atoms with E-state index in [0.29, 0.717) is 13.0 Å². The summed E-state index contributed by atoms with van der Waals surface area (Å²) in [6, 6.07) is 4.28. The van der Waals surface area contributed by atoms with E-state index in [1.165, 1.54) is 24.0 Å². The van der Waals surface area contributed by atoms with Crippen molar-refractivity contribution < 1.29 is 9.53 Å². The first-order valence-electron chi connectivity index (χ1n) is 6.31. The van der Waals surface area contributed by atoms with Crippen LogP contribution in [0.15, 0.2) is 12.1 Å². The smallest absolute Gasteiger partial charge is 0.230 e. The maximum absolute atomic E-state index is 11.8. The molecule has 0 fully saturated rings. The van der Waals surface area contributed by atoms with Gasteiger partial charge < -0.3 is 9.64 Å². The number of carbonyl (C=O) groups is 1. The number of aryl methyl sites for hydroxylation is 2. The Hall–Kier alpha value is -1.51. The Labute approximate surface area is 101 Å². The van der Waals surface area contributed by atoms with Crippen molar-refractivity contribution >= 4 is 11.6 Å². The molecule has 0 aromatic heterocycles. The maximum atomic E-state index is 11.8. The SMILES string of the molecule is CN1C(=O)CCOc2cc3c(cc21)CCCC3. The number of hydrogen-bond donors (Lipinski definition) is 0. The van der Waals surface area contributed by atoms with Crippen LogP contribution in [0.2, 0.25) is 0 Å². The summed E-state index contributed by atoms with van der Waals surface area (Å²) in [5.41, 5.74) is 3.73. The average Bonchev–Trinajstić information content (AvgIpc) is 2.48. The molecule has 1 aliphatic heterocycles. The van der Waals surface area contributed by atoms with Crippen molar-refractivity contribution in [2.24, 2.45) is 0 Å². The topological polar surface area (TPSA) is 29.5 Å². The maximum Gasteiger partial charge on any atom is 0.230 e. The molecule has 1 aliphatic carbocycles. The molecule has 1 aromatic carbocycles. The van der Waals surface area contributed by atoms with Crippen molar-refractivity contribution in [3.05, 3.63) is 23.3 Å². The van der Waals surface area contributed by atoms with Gasteiger partial charge in [-0.1, -0.05) is 0 Å². The van der Waals surface area contributed by atoms with Crippen molar-refractivity contribution in [2.75, 3.05) is 18.6 Å². The van der Waals surface area contributed by atoms with Gasteiger partial charge in [-0.05, 0) is 48.9 Å². The van der Waals surface area contributed by atoms with E-state index in [4.69, 9.17) is 4.74 Å². The normalized spacial score (nSPS) is 19.1. The van der Waals surface area contributed by atoms with Gasteiger partial charge in [0.05, 0.1) is 18.7 Å². The minimum atomic E-state index is 0.138. The molecule has 17 heavy (non-hydrogen) atoms. The summed E-state index contributed by atoms with van der Waals surface area (Å²) < 4.78 is 5.69. The minimum absolute atomic E-state index is 0.138. The van der Waals surface area contributed by atoms with Crippen LogP contribution in [0.5, 0.6) is 5.75 Å². The second-order valence-electron chi connectivity index (χ2n) is 4.85. The van der Waals surface area contributed by atoms with Crippen molar-refractivity contribution in [1.29, 1.82) is 0 Å². The summed E-state index contributed by atoms with van der Waals surface area (Å²) >= 11 is 0. The van der Waals surface area contributed by atoms with Crippen LogP contribution in [-0.2, 0) is 17.6 Å². The third-order valence-electron chi connectivity index (χ3n) is 3.73. The van der Waals surface area contributed by atoms with Gasteiger partial charge in [0.25, 0.3) is 0 Å². The standard InChI is InChI=1S/C14H17NO2/c1-15-12-8-10-4-2-3-5-11(10)9-13(12)17-7-6-14(15)16/h8-9H,2-7H2,1H3. The number of hydrogen-bond acceptors (Lipinski definition) is 2. The highest BCUT2D eigenvalue weighted by Crippen LogP contribution is 2.36. The fourth-order valence-electron chi connectivity index (χ4n) is 2.68. The van der Waals surface area contributed by atoms with E-state index in [1.807, 2.05) is 7.05 Å². The Morgan fingerprint density at radius 2 is 1.82 bits per heavy atom. The Kier molecular flexibility index (Phi) is 2.54. The van der Waals surface area contributed by atoms with Gasteiger partial charge >= 0.3 is 0 Å². The summed E-state index contributed by atoms with van der Waals surface area (Å²) in [5.74, 6) is 1.01. The number of carbonyl (C=O) groups excluding carboxylic acids is 1. The predicted octanol–water partition coefficient (Wildman–Crippen LogP) is 2.31. The number of nitrogens with zero attached hydrogens (tertiary/aromatic N) is 1. The third-order valence-corrected chi connectivity index (χ3v) is 3.73. The molecule has 90 valence electrons. The molecule has 0 spiro atoms. The quantitative estimate of drug-likeness (QED) is 0.685. The zero-order chi connectivity index (χ0) is 11.8. The molecule has 0 radical (unpaired) electrons. The molecule has 2 aliphatic rings. The van der Waals surface area contributed by atoms with E-state index < -0.39 is 0 Å². The second kappa shape index (κ2) is 4.06. The van der Waals surface area contributed by atoms with Crippen LogP contribution < -0.4 is 9.64 Å². The zero-order valence-electron chi connectivity index (χ0n) is 10.2. The zero-order valence-corrected chi connectivity index (χ0v) is 10.2. The van der Waals surface area contributed by atoms with Gasteiger partial charge in [0.1, 0.15) is 5.75 Å². The summed E-state index contributed by atoms with van der Waals surface area (Å²) in [5, 5.41) is 0. The van der Waals surface area contributed by atoms with Gasteiger partial charge in [-0.2, -0.15) is 0 Å². The highest BCUT2D eigenvalue weighted by molar-refractivity contribution is 5.95. The third kappa shape index (κ3) is 1.79. The Balaban J connectivity index is 2.09. The van der Waals surface area contributed by atoms with Gasteiger partial charge in [0.2, 0.25) is 5.91 Å². The minimum Gasteiger partial charge on any atom is -0.491 e. The van der Waals surface area contributed by atoms with Crippen LogP contribution in [0.4, 0.5) is 5.69 Å². The largest absolute Gasteiger partial charge is 0.491 e. The Bertz CT molecular complexity index is 468. The second-order valence-corrected chi connectivity index (χ2v) is 4.85. The molecular weight excluding hydrogens is 214 g/mol. The summed E-state index contributed by atoms with van der Waals surface area (Å²) in [6.45, 7) is 0.495. The van der Waals surface area contributed by atoms with E-state index in [1.54, 1.807) is 4.90 Å². The van der Waals surface area contributed by atoms with Crippen molar-refractivity contribution in [3.8, 4) is 5.75 Å². The molecule has 1 heterocycles. The summed E-state index contributed by atoms with van der Waals surface area (Å²) in [7, 11) is 1.84. The summed E-state index contributed by atoms with van der Waals surface area (Å²) in [4.78, 5) is 13.5. The monoisotopic (exact) mass is 231 g/mol. The molecule has 3 heteroatoms. The van der Waals surface area contributed by atoms with Crippen LogP contribution in [-0.4, -0.2) is 19.6 Å². The number of rotatable bonds is 0. The molecular formula is C14H17NO2. The van der Waals surface area contributed by atoms with Gasteiger partial charge in [-0.15, -0.1) is 0 Å². The Morgan fingerprint density at radius 1 is 1.12 bits per heavy atom. The number of anilines is 1. The average molecular weight is 231 g/mol.